The van der Waals surface area contributed by atoms with Crippen molar-refractivity contribution in [2.75, 3.05) is 0 Å². The van der Waals surface area contributed by atoms with Gasteiger partial charge in [-0.2, -0.15) is 5.10 Å². The van der Waals surface area contributed by atoms with Crippen LogP contribution in [0.25, 0.3) is 11.3 Å². The molecule has 0 amide bonds. The lowest BCUT2D eigenvalue weighted by Crippen LogP contribution is -2.11. The van der Waals surface area contributed by atoms with Crippen molar-refractivity contribution < 1.29 is 0 Å². The molecule has 0 spiro atoms. The molecule has 3 aromatic heterocycles. The summed E-state index contributed by atoms with van der Waals surface area (Å²) in [5.74, 6) is 1.78. The van der Waals surface area contributed by atoms with E-state index in [-0.39, 0.29) is 5.41 Å². The van der Waals surface area contributed by atoms with Crippen LogP contribution in [0.1, 0.15) is 32.3 Å². The first-order valence-corrected chi connectivity index (χ1v) is 6.32. The highest BCUT2D eigenvalue weighted by Crippen LogP contribution is 2.24. The molecule has 3 heterocycles. The number of rotatable bonds is 1. The predicted octanol–water partition coefficient (Wildman–Crippen LogP) is 2.52. The van der Waals surface area contributed by atoms with Gasteiger partial charge < -0.3 is 0 Å². The molecule has 98 valence electrons. The Morgan fingerprint density at radius 1 is 1.05 bits per heavy atom. The summed E-state index contributed by atoms with van der Waals surface area (Å²) in [4.78, 5) is 8.72. The Morgan fingerprint density at radius 2 is 1.79 bits per heavy atom. The molecular formula is C14H17N5. The second-order valence-electron chi connectivity index (χ2n) is 5.70. The van der Waals surface area contributed by atoms with Gasteiger partial charge in [-0.25, -0.2) is 14.5 Å². The van der Waals surface area contributed by atoms with Gasteiger partial charge in [-0.15, -0.1) is 0 Å². The third kappa shape index (κ3) is 1.91. The van der Waals surface area contributed by atoms with Crippen molar-refractivity contribution in [1.82, 2.24) is 24.1 Å². The minimum atomic E-state index is 0.0211. The molecule has 0 bridgehead atoms. The highest BCUT2D eigenvalue weighted by Gasteiger charge is 2.19. The molecule has 0 aromatic carbocycles. The van der Waals surface area contributed by atoms with E-state index in [2.05, 4.69) is 41.9 Å². The molecule has 0 aliphatic rings. The number of hydrogen-bond acceptors (Lipinski definition) is 3. The third-order valence-corrected chi connectivity index (χ3v) is 3.19. The lowest BCUT2D eigenvalue weighted by Gasteiger charge is -2.13. The molecule has 0 N–H and O–H groups in total. The standard InChI is InChI=1S/C14H17N5/c1-10-15-5-7-18(10)13-11-9-12(14(2,3)4)17-19(11)8-6-16-13/h5-9H,1-4H3. The summed E-state index contributed by atoms with van der Waals surface area (Å²) in [5, 5.41) is 4.63. The first kappa shape index (κ1) is 11.9. The number of aromatic nitrogens is 5. The highest BCUT2D eigenvalue weighted by molar-refractivity contribution is 5.61. The van der Waals surface area contributed by atoms with E-state index < -0.39 is 0 Å². The largest absolute Gasteiger partial charge is 0.286 e. The molecular weight excluding hydrogens is 238 g/mol. The van der Waals surface area contributed by atoms with Crippen molar-refractivity contribution in [1.29, 1.82) is 0 Å². The second kappa shape index (κ2) is 3.91. The molecule has 0 aliphatic carbocycles. The van der Waals surface area contributed by atoms with Crippen molar-refractivity contribution in [2.24, 2.45) is 0 Å². The van der Waals surface area contributed by atoms with Crippen molar-refractivity contribution in [3.05, 3.63) is 42.4 Å². The van der Waals surface area contributed by atoms with Gasteiger partial charge in [0.2, 0.25) is 0 Å². The molecule has 3 aromatic rings. The van der Waals surface area contributed by atoms with Gasteiger partial charge in [0.15, 0.2) is 5.82 Å². The van der Waals surface area contributed by atoms with E-state index in [4.69, 9.17) is 0 Å². The van der Waals surface area contributed by atoms with Crippen LogP contribution in [0.2, 0.25) is 0 Å². The molecule has 0 unspecified atom stereocenters. The molecule has 5 heteroatoms. The summed E-state index contributed by atoms with van der Waals surface area (Å²) in [5.41, 5.74) is 2.07. The van der Waals surface area contributed by atoms with E-state index in [9.17, 15) is 0 Å². The van der Waals surface area contributed by atoms with Gasteiger partial charge in [0.25, 0.3) is 0 Å². The Balaban J connectivity index is 2.27. The van der Waals surface area contributed by atoms with Gasteiger partial charge >= 0.3 is 0 Å². The zero-order chi connectivity index (χ0) is 13.6. The van der Waals surface area contributed by atoms with Gasteiger partial charge in [-0.3, -0.25) is 4.57 Å². The number of hydrogen-bond donors (Lipinski definition) is 0. The average Bonchev–Trinajstić information content (AvgIpc) is 2.93. The van der Waals surface area contributed by atoms with E-state index in [1.54, 1.807) is 12.4 Å². The highest BCUT2D eigenvalue weighted by atomic mass is 15.3. The Hall–Kier alpha value is -2.17. The van der Waals surface area contributed by atoms with Crippen molar-refractivity contribution >= 4 is 5.52 Å². The van der Waals surface area contributed by atoms with Crippen LogP contribution in [0.5, 0.6) is 0 Å². The van der Waals surface area contributed by atoms with Crippen molar-refractivity contribution in [3.8, 4) is 5.82 Å². The molecule has 0 aliphatic heterocycles. The molecule has 0 fully saturated rings. The first-order valence-electron chi connectivity index (χ1n) is 6.32. The van der Waals surface area contributed by atoms with Gasteiger partial charge in [0.05, 0.1) is 5.69 Å². The summed E-state index contributed by atoms with van der Waals surface area (Å²) >= 11 is 0. The fraction of sp³-hybridized carbons (Fsp3) is 0.357. The maximum absolute atomic E-state index is 4.63. The van der Waals surface area contributed by atoms with Crippen LogP contribution in [-0.2, 0) is 5.41 Å². The van der Waals surface area contributed by atoms with Gasteiger partial charge in [-0.05, 0) is 13.0 Å². The second-order valence-corrected chi connectivity index (χ2v) is 5.70. The van der Waals surface area contributed by atoms with Crippen LogP contribution in [0.15, 0.2) is 30.9 Å². The Morgan fingerprint density at radius 3 is 2.42 bits per heavy atom. The molecule has 0 saturated heterocycles. The van der Waals surface area contributed by atoms with Gasteiger partial charge in [-0.1, -0.05) is 20.8 Å². The SMILES string of the molecule is Cc1nccn1-c1nccn2nc(C(C)(C)C)cc12. The number of aryl methyl sites for hydroxylation is 1. The van der Waals surface area contributed by atoms with Gasteiger partial charge in [0, 0.05) is 30.2 Å². The molecule has 0 atom stereocenters. The van der Waals surface area contributed by atoms with Gasteiger partial charge in [0.1, 0.15) is 11.3 Å². The van der Waals surface area contributed by atoms with Crippen LogP contribution in [0.3, 0.4) is 0 Å². The molecule has 0 radical (unpaired) electrons. The maximum Gasteiger partial charge on any atom is 0.164 e. The average molecular weight is 255 g/mol. The van der Waals surface area contributed by atoms with E-state index in [0.717, 1.165) is 22.9 Å². The monoisotopic (exact) mass is 255 g/mol. The smallest absolute Gasteiger partial charge is 0.164 e. The summed E-state index contributed by atoms with van der Waals surface area (Å²) in [7, 11) is 0. The van der Waals surface area contributed by atoms with E-state index in [1.807, 2.05) is 28.4 Å². The van der Waals surface area contributed by atoms with E-state index in [1.165, 1.54) is 0 Å². The molecule has 0 saturated carbocycles. The Bertz CT molecular complexity index is 730. The van der Waals surface area contributed by atoms with E-state index in [0.29, 0.717) is 0 Å². The first-order chi connectivity index (χ1) is 8.97. The molecule has 19 heavy (non-hydrogen) atoms. The quantitative estimate of drug-likeness (QED) is 0.671. The summed E-state index contributed by atoms with van der Waals surface area (Å²) in [6.45, 7) is 8.44. The summed E-state index contributed by atoms with van der Waals surface area (Å²) in [6, 6.07) is 2.10. The third-order valence-electron chi connectivity index (χ3n) is 3.19. The molecule has 5 nitrogen and oxygen atoms in total. The fourth-order valence-electron chi connectivity index (χ4n) is 2.06. The lowest BCUT2D eigenvalue weighted by molar-refractivity contribution is 0.562. The zero-order valence-electron chi connectivity index (χ0n) is 11.6. The predicted molar refractivity (Wildman–Crippen MR) is 73.5 cm³/mol. The van der Waals surface area contributed by atoms with Crippen LogP contribution >= 0.6 is 0 Å². The Kier molecular flexibility index (Phi) is 2.45. The Labute approximate surface area is 111 Å². The number of nitrogens with zero attached hydrogens (tertiary/aromatic N) is 5. The van der Waals surface area contributed by atoms with Crippen molar-refractivity contribution in [2.45, 2.75) is 33.1 Å². The minimum Gasteiger partial charge on any atom is -0.286 e. The topological polar surface area (TPSA) is 48.0 Å². The van der Waals surface area contributed by atoms with Crippen LogP contribution < -0.4 is 0 Å². The van der Waals surface area contributed by atoms with Crippen LogP contribution in [-0.4, -0.2) is 24.1 Å². The fourth-order valence-corrected chi connectivity index (χ4v) is 2.06. The van der Waals surface area contributed by atoms with E-state index >= 15 is 0 Å². The summed E-state index contributed by atoms with van der Waals surface area (Å²) in [6.07, 6.45) is 7.34. The molecule has 3 rings (SSSR count). The van der Waals surface area contributed by atoms with Crippen molar-refractivity contribution in [3.63, 3.8) is 0 Å². The maximum atomic E-state index is 4.63. The van der Waals surface area contributed by atoms with Crippen LogP contribution in [0, 0.1) is 6.92 Å². The number of imidazole rings is 1. The number of fused-ring (bicyclic) bond motifs is 1. The zero-order valence-corrected chi connectivity index (χ0v) is 11.6. The lowest BCUT2D eigenvalue weighted by atomic mass is 9.92. The van der Waals surface area contributed by atoms with Crippen LogP contribution in [0.4, 0.5) is 0 Å². The summed E-state index contributed by atoms with van der Waals surface area (Å²) < 4.78 is 3.85. The minimum absolute atomic E-state index is 0.0211. The normalized spacial score (nSPS) is 12.2.